The van der Waals surface area contributed by atoms with Gasteiger partial charge in [-0.15, -0.1) is 0 Å². The first-order valence-corrected chi connectivity index (χ1v) is 3.66. The molecule has 2 nitrogen and oxygen atoms in total. The molecule has 1 heterocycles. The molecule has 52 valence electrons. The smallest absolute Gasteiger partial charge is 0.0703 e. The van der Waals surface area contributed by atoms with Crippen molar-refractivity contribution in [3.63, 3.8) is 0 Å². The zero-order valence-corrected chi connectivity index (χ0v) is 5.60. The van der Waals surface area contributed by atoms with E-state index in [0.29, 0.717) is 18.1 Å². The largest absolute Gasteiger partial charge is 0.376 e. The summed E-state index contributed by atoms with van der Waals surface area (Å²) in [6.45, 7) is 1.69. The van der Waals surface area contributed by atoms with Gasteiger partial charge in [-0.3, -0.25) is 0 Å². The lowest BCUT2D eigenvalue weighted by Crippen LogP contribution is -2.18. The molecule has 0 radical (unpaired) electrons. The van der Waals surface area contributed by atoms with Crippen molar-refractivity contribution in [1.29, 1.82) is 0 Å². The SMILES string of the molecule is NC[C@H]1CC2(CC2)CO1. The van der Waals surface area contributed by atoms with Gasteiger partial charge >= 0.3 is 0 Å². The molecular weight excluding hydrogens is 114 g/mol. The molecule has 2 aliphatic rings. The Morgan fingerprint density at radius 2 is 2.33 bits per heavy atom. The molecule has 2 rings (SSSR count). The Kier molecular flexibility index (Phi) is 1.08. The minimum Gasteiger partial charge on any atom is -0.376 e. The van der Waals surface area contributed by atoms with Crippen molar-refractivity contribution in [2.75, 3.05) is 13.2 Å². The van der Waals surface area contributed by atoms with E-state index in [1.807, 2.05) is 0 Å². The van der Waals surface area contributed by atoms with Crippen molar-refractivity contribution in [3.8, 4) is 0 Å². The van der Waals surface area contributed by atoms with Gasteiger partial charge in [0.1, 0.15) is 0 Å². The lowest BCUT2D eigenvalue weighted by molar-refractivity contribution is 0.111. The molecular formula is C7H13NO. The molecule has 0 aromatic carbocycles. The molecule has 1 spiro atoms. The van der Waals surface area contributed by atoms with E-state index in [4.69, 9.17) is 10.5 Å². The van der Waals surface area contributed by atoms with Crippen LogP contribution in [-0.4, -0.2) is 19.3 Å². The van der Waals surface area contributed by atoms with Gasteiger partial charge in [0, 0.05) is 6.54 Å². The summed E-state index contributed by atoms with van der Waals surface area (Å²) < 4.78 is 5.45. The zero-order chi connectivity index (χ0) is 6.32. The van der Waals surface area contributed by atoms with Crippen LogP contribution in [0.4, 0.5) is 0 Å². The number of hydrogen-bond acceptors (Lipinski definition) is 2. The van der Waals surface area contributed by atoms with Crippen molar-refractivity contribution in [2.45, 2.75) is 25.4 Å². The molecule has 0 aromatic rings. The number of hydrogen-bond donors (Lipinski definition) is 1. The highest BCUT2D eigenvalue weighted by molar-refractivity contribution is 4.98. The zero-order valence-electron chi connectivity index (χ0n) is 5.60. The Bertz CT molecular complexity index is 120. The van der Waals surface area contributed by atoms with Crippen LogP contribution in [0.2, 0.25) is 0 Å². The fourth-order valence-electron chi connectivity index (χ4n) is 1.57. The highest BCUT2D eigenvalue weighted by Crippen LogP contribution is 2.53. The minimum atomic E-state index is 0.382. The maximum absolute atomic E-state index is 5.46. The van der Waals surface area contributed by atoms with Crippen LogP contribution < -0.4 is 5.73 Å². The van der Waals surface area contributed by atoms with E-state index >= 15 is 0 Å². The Morgan fingerprint density at radius 1 is 1.56 bits per heavy atom. The molecule has 0 bridgehead atoms. The number of nitrogens with two attached hydrogens (primary N) is 1. The molecule has 0 amide bonds. The summed E-state index contributed by atoms with van der Waals surface area (Å²) in [6.07, 6.45) is 4.36. The standard InChI is InChI=1S/C7H13NO/c8-4-6-3-7(1-2-7)5-9-6/h6H,1-5,8H2/t6-/m1/s1. The number of ether oxygens (including phenoxy) is 1. The van der Waals surface area contributed by atoms with Crippen LogP contribution >= 0.6 is 0 Å². The Balaban J connectivity index is 1.93. The highest BCUT2D eigenvalue weighted by Gasteiger charge is 2.48. The van der Waals surface area contributed by atoms with Gasteiger partial charge in [-0.25, -0.2) is 0 Å². The van der Waals surface area contributed by atoms with Gasteiger partial charge in [0.15, 0.2) is 0 Å². The van der Waals surface area contributed by atoms with Crippen molar-refractivity contribution in [2.24, 2.45) is 11.1 Å². The first-order valence-electron chi connectivity index (χ1n) is 3.66. The monoisotopic (exact) mass is 127 g/mol. The van der Waals surface area contributed by atoms with Gasteiger partial charge < -0.3 is 10.5 Å². The van der Waals surface area contributed by atoms with E-state index in [0.717, 1.165) is 6.61 Å². The third-order valence-electron chi connectivity index (χ3n) is 2.51. The average molecular weight is 127 g/mol. The summed E-state index contributed by atoms with van der Waals surface area (Å²) in [4.78, 5) is 0. The van der Waals surface area contributed by atoms with Crippen molar-refractivity contribution in [3.05, 3.63) is 0 Å². The van der Waals surface area contributed by atoms with Gasteiger partial charge in [-0.2, -0.15) is 0 Å². The Hall–Kier alpha value is -0.0800. The van der Waals surface area contributed by atoms with Crippen LogP contribution in [0.25, 0.3) is 0 Å². The molecule has 2 heteroatoms. The molecule has 1 aliphatic carbocycles. The summed E-state index contributed by atoms with van der Waals surface area (Å²) in [5.74, 6) is 0. The van der Waals surface area contributed by atoms with Gasteiger partial charge in [0.2, 0.25) is 0 Å². The topological polar surface area (TPSA) is 35.2 Å². The maximum atomic E-state index is 5.46. The summed E-state index contributed by atoms with van der Waals surface area (Å²) in [7, 11) is 0. The lowest BCUT2D eigenvalue weighted by Gasteiger charge is -2.02. The predicted molar refractivity (Wildman–Crippen MR) is 35.1 cm³/mol. The third kappa shape index (κ3) is 0.864. The van der Waals surface area contributed by atoms with E-state index < -0.39 is 0 Å². The fourth-order valence-corrected chi connectivity index (χ4v) is 1.57. The van der Waals surface area contributed by atoms with Crippen molar-refractivity contribution < 1.29 is 4.74 Å². The van der Waals surface area contributed by atoms with Gasteiger partial charge in [-0.05, 0) is 24.7 Å². The molecule has 1 saturated heterocycles. The summed E-state index contributed by atoms with van der Waals surface area (Å²) in [5.41, 5.74) is 6.07. The second-order valence-electron chi connectivity index (χ2n) is 3.37. The van der Waals surface area contributed by atoms with Crippen molar-refractivity contribution in [1.82, 2.24) is 0 Å². The molecule has 2 N–H and O–H groups in total. The molecule has 1 atom stereocenters. The second kappa shape index (κ2) is 1.70. The number of rotatable bonds is 1. The van der Waals surface area contributed by atoms with E-state index in [1.54, 1.807) is 0 Å². The first-order chi connectivity index (χ1) is 4.35. The van der Waals surface area contributed by atoms with Gasteiger partial charge in [0.05, 0.1) is 12.7 Å². The summed E-state index contributed by atoms with van der Waals surface area (Å²) >= 11 is 0. The van der Waals surface area contributed by atoms with Gasteiger partial charge in [0.25, 0.3) is 0 Å². The third-order valence-corrected chi connectivity index (χ3v) is 2.51. The quantitative estimate of drug-likeness (QED) is 0.557. The molecule has 0 aromatic heterocycles. The van der Waals surface area contributed by atoms with Crippen LogP contribution in [0.5, 0.6) is 0 Å². The van der Waals surface area contributed by atoms with Crippen LogP contribution in [0, 0.1) is 5.41 Å². The summed E-state index contributed by atoms with van der Waals surface area (Å²) in [6, 6.07) is 0. The Labute approximate surface area is 55.4 Å². The molecule has 1 saturated carbocycles. The van der Waals surface area contributed by atoms with Crippen molar-refractivity contribution >= 4 is 0 Å². The van der Waals surface area contributed by atoms with E-state index in [2.05, 4.69) is 0 Å². The van der Waals surface area contributed by atoms with Crippen LogP contribution in [0.1, 0.15) is 19.3 Å². The Morgan fingerprint density at radius 3 is 2.67 bits per heavy atom. The molecule has 1 aliphatic heterocycles. The van der Waals surface area contributed by atoms with Crippen LogP contribution in [0.3, 0.4) is 0 Å². The average Bonchev–Trinajstić information content (AvgIpc) is 2.44. The van der Waals surface area contributed by atoms with Crippen LogP contribution in [-0.2, 0) is 4.74 Å². The lowest BCUT2D eigenvalue weighted by atomic mass is 10.0. The molecule has 9 heavy (non-hydrogen) atoms. The summed E-state index contributed by atoms with van der Waals surface area (Å²) in [5, 5.41) is 0. The van der Waals surface area contributed by atoms with Gasteiger partial charge in [-0.1, -0.05) is 0 Å². The minimum absolute atomic E-state index is 0.382. The van der Waals surface area contributed by atoms with E-state index in [9.17, 15) is 0 Å². The van der Waals surface area contributed by atoms with Crippen LogP contribution in [0.15, 0.2) is 0 Å². The van der Waals surface area contributed by atoms with E-state index in [1.165, 1.54) is 19.3 Å². The highest BCUT2D eigenvalue weighted by atomic mass is 16.5. The second-order valence-corrected chi connectivity index (χ2v) is 3.37. The fraction of sp³-hybridized carbons (Fsp3) is 1.00. The molecule has 0 unspecified atom stereocenters. The normalized spacial score (nSPS) is 37.7. The molecule has 2 fully saturated rings. The maximum Gasteiger partial charge on any atom is 0.0703 e. The first kappa shape index (κ1) is 5.69. The predicted octanol–water partition coefficient (Wildman–Crippen LogP) is 0.514. The van der Waals surface area contributed by atoms with E-state index in [-0.39, 0.29) is 0 Å².